The number of rotatable bonds is 2. The van der Waals surface area contributed by atoms with E-state index in [9.17, 15) is 0 Å². The predicted octanol–water partition coefficient (Wildman–Crippen LogP) is -2.31. The van der Waals surface area contributed by atoms with E-state index in [0.29, 0.717) is 5.96 Å². The molecule has 1 aromatic carbocycles. The molecule has 0 heterocycles. The maximum absolute atomic E-state index is 5.54. The lowest BCUT2D eigenvalue weighted by Crippen LogP contribution is -2.89. The van der Waals surface area contributed by atoms with Gasteiger partial charge in [0, 0.05) is 0 Å². The molecule has 13 heavy (non-hydrogen) atoms. The van der Waals surface area contributed by atoms with Crippen molar-refractivity contribution in [2.24, 2.45) is 17.2 Å². The largest absolute Gasteiger partial charge is 0.348 e. The molecule has 0 aromatic heterocycles. The van der Waals surface area contributed by atoms with Crippen LogP contribution in [0.4, 0.5) is 5.69 Å². The second-order valence-corrected chi connectivity index (χ2v) is 2.57. The van der Waals surface area contributed by atoms with Crippen molar-refractivity contribution in [3.63, 3.8) is 0 Å². The third kappa shape index (κ3) is 3.55. The Kier molecular flexibility index (Phi) is 3.24. The van der Waals surface area contributed by atoms with Gasteiger partial charge in [-0.1, -0.05) is 18.2 Å². The average molecular weight is 180 g/mol. The Bertz CT molecular complexity index is 280. The molecule has 0 unspecified atom stereocenters. The van der Waals surface area contributed by atoms with Gasteiger partial charge in [-0.25, -0.2) is 10.3 Å². The Balaban J connectivity index is 2.60. The van der Waals surface area contributed by atoms with Crippen molar-refractivity contribution < 1.29 is 4.99 Å². The summed E-state index contributed by atoms with van der Waals surface area (Å²) in [7, 11) is 0. The molecular formula is C8H14N5+. The average Bonchev–Trinajstić information content (AvgIpc) is 2.04. The lowest BCUT2D eigenvalue weighted by atomic mass is 10.3. The maximum atomic E-state index is 5.54. The summed E-state index contributed by atoms with van der Waals surface area (Å²) >= 11 is 0. The zero-order valence-electron chi connectivity index (χ0n) is 7.20. The summed E-state index contributed by atoms with van der Waals surface area (Å²) in [6.45, 7) is 0. The third-order valence-corrected chi connectivity index (χ3v) is 1.37. The van der Waals surface area contributed by atoms with Gasteiger partial charge in [0.2, 0.25) is 0 Å². The van der Waals surface area contributed by atoms with Crippen LogP contribution in [0, 0.1) is 0 Å². The molecule has 0 atom stereocenters. The van der Waals surface area contributed by atoms with E-state index in [1.165, 1.54) is 0 Å². The molecule has 8 N–H and O–H groups in total. The molecule has 5 heteroatoms. The molecule has 0 saturated carbocycles. The smallest absolute Gasteiger partial charge is 0.290 e. The zero-order valence-corrected chi connectivity index (χ0v) is 7.20. The van der Waals surface area contributed by atoms with E-state index in [1.807, 2.05) is 30.3 Å². The van der Waals surface area contributed by atoms with Gasteiger partial charge in [-0.15, -0.1) is 0 Å². The fourth-order valence-corrected chi connectivity index (χ4v) is 0.893. The van der Waals surface area contributed by atoms with Gasteiger partial charge in [0.1, 0.15) is 0 Å². The van der Waals surface area contributed by atoms with Crippen LogP contribution in [0.1, 0.15) is 0 Å². The van der Waals surface area contributed by atoms with Crippen LogP contribution in [-0.2, 0) is 0 Å². The minimum absolute atomic E-state index is 0.334. The van der Waals surface area contributed by atoms with Crippen LogP contribution in [0.5, 0.6) is 0 Å². The van der Waals surface area contributed by atoms with Gasteiger partial charge in [-0.05, 0) is 12.1 Å². The third-order valence-electron chi connectivity index (χ3n) is 1.37. The molecule has 5 nitrogen and oxygen atoms in total. The minimum Gasteiger partial charge on any atom is -0.290 e. The molecule has 1 rings (SSSR count). The highest BCUT2D eigenvalue weighted by molar-refractivity contribution is 5.87. The summed E-state index contributed by atoms with van der Waals surface area (Å²) in [6.07, 6.45) is -0.656. The Morgan fingerprint density at radius 3 is 2.38 bits per heavy atom. The number of hydrogen-bond donors (Lipinski definition) is 5. The van der Waals surface area contributed by atoms with Gasteiger partial charge in [-0.3, -0.25) is 17.2 Å². The summed E-state index contributed by atoms with van der Waals surface area (Å²) in [5, 5.41) is 2.90. The number of nitrogens with one attached hydrogen (secondary N) is 2. The number of para-hydroxylation sites is 1. The van der Waals surface area contributed by atoms with Crippen molar-refractivity contribution in [2.45, 2.75) is 6.29 Å². The van der Waals surface area contributed by atoms with Crippen molar-refractivity contribution in [2.75, 3.05) is 5.32 Å². The Hall–Kier alpha value is -1.59. The van der Waals surface area contributed by atoms with Gasteiger partial charge in [0.05, 0.1) is 5.69 Å². The molecule has 0 amide bonds. The van der Waals surface area contributed by atoms with Crippen LogP contribution < -0.4 is 27.5 Å². The second kappa shape index (κ2) is 4.44. The maximum Gasteiger partial charge on any atom is 0.348 e. The number of nitrogens with two attached hydrogens (primary N) is 3. The van der Waals surface area contributed by atoms with Gasteiger partial charge < -0.3 is 0 Å². The molecule has 0 spiro atoms. The van der Waals surface area contributed by atoms with Gasteiger partial charge in [-0.2, -0.15) is 0 Å². The van der Waals surface area contributed by atoms with Gasteiger partial charge >= 0.3 is 5.96 Å². The molecule has 70 valence electrons. The first-order valence-electron chi connectivity index (χ1n) is 3.90. The molecule has 0 aliphatic carbocycles. The monoisotopic (exact) mass is 180 g/mol. The van der Waals surface area contributed by atoms with Crippen LogP contribution in [0.3, 0.4) is 0 Å². The lowest BCUT2D eigenvalue weighted by molar-refractivity contribution is -0.501. The summed E-state index contributed by atoms with van der Waals surface area (Å²) in [4.78, 5) is 2.63. The van der Waals surface area contributed by atoms with Crippen molar-refractivity contribution in [1.82, 2.24) is 0 Å². The molecular weight excluding hydrogens is 166 g/mol. The van der Waals surface area contributed by atoms with E-state index in [4.69, 9.17) is 17.2 Å². The molecule has 0 aliphatic heterocycles. The summed E-state index contributed by atoms with van der Waals surface area (Å²) in [5.41, 5.74) is 17.0. The molecule has 0 bridgehead atoms. The number of anilines is 1. The summed E-state index contributed by atoms with van der Waals surface area (Å²) in [5.74, 6) is 0.334. The Morgan fingerprint density at radius 2 is 1.85 bits per heavy atom. The summed E-state index contributed by atoms with van der Waals surface area (Å²) < 4.78 is 0. The Labute approximate surface area is 76.6 Å². The van der Waals surface area contributed by atoms with Crippen LogP contribution in [0.15, 0.2) is 30.3 Å². The first kappa shape index (κ1) is 9.50. The van der Waals surface area contributed by atoms with E-state index in [0.717, 1.165) is 5.69 Å². The zero-order chi connectivity index (χ0) is 9.68. The molecule has 0 fully saturated rings. The highest BCUT2D eigenvalue weighted by Crippen LogP contribution is 2.02. The first-order chi connectivity index (χ1) is 6.18. The summed E-state index contributed by atoms with van der Waals surface area (Å²) in [6, 6.07) is 9.49. The fraction of sp³-hybridized carbons (Fsp3) is 0.125. The molecule has 1 aromatic rings. The predicted molar refractivity (Wildman–Crippen MR) is 52.4 cm³/mol. The van der Waals surface area contributed by atoms with Crippen LogP contribution in [0.2, 0.25) is 0 Å². The highest BCUT2D eigenvalue weighted by Gasteiger charge is 2.00. The normalized spacial score (nSPS) is 11.8. The van der Waals surface area contributed by atoms with E-state index in [1.54, 1.807) is 0 Å². The fourth-order valence-electron chi connectivity index (χ4n) is 0.893. The highest BCUT2D eigenvalue weighted by atomic mass is 15.2. The van der Waals surface area contributed by atoms with Crippen molar-refractivity contribution in [3.05, 3.63) is 30.3 Å². The quantitative estimate of drug-likeness (QED) is 0.200. The topological polar surface area (TPSA) is 104 Å². The number of hydrogen-bond acceptors (Lipinski definition) is 2. The van der Waals surface area contributed by atoms with E-state index in [2.05, 4.69) is 10.3 Å². The van der Waals surface area contributed by atoms with Crippen LogP contribution >= 0.6 is 0 Å². The molecule has 0 aliphatic rings. The van der Waals surface area contributed by atoms with E-state index in [-0.39, 0.29) is 0 Å². The second-order valence-electron chi connectivity index (χ2n) is 2.57. The van der Waals surface area contributed by atoms with Crippen molar-refractivity contribution >= 4 is 11.6 Å². The lowest BCUT2D eigenvalue weighted by Gasteiger charge is -2.00. The standard InChI is InChI=1S/C8H13N5/c9-7(10)13-8(11)12-6-4-2-1-3-5-6/h1-5,7H,9-10H2,(H3,11,12,13)/p+1. The van der Waals surface area contributed by atoms with Crippen LogP contribution in [-0.4, -0.2) is 12.2 Å². The Morgan fingerprint density at radius 1 is 1.23 bits per heavy atom. The van der Waals surface area contributed by atoms with Crippen LogP contribution in [0.25, 0.3) is 0 Å². The van der Waals surface area contributed by atoms with Gasteiger partial charge in [0.15, 0.2) is 6.29 Å². The molecule has 0 saturated heterocycles. The van der Waals surface area contributed by atoms with E-state index >= 15 is 0 Å². The van der Waals surface area contributed by atoms with Crippen molar-refractivity contribution in [1.29, 1.82) is 0 Å². The minimum atomic E-state index is -0.656. The van der Waals surface area contributed by atoms with E-state index < -0.39 is 6.29 Å². The number of benzene rings is 1. The number of guanidine groups is 1. The SMILES string of the molecule is N/C(Nc1ccccc1)=[NH+]\C(N)N. The first-order valence-corrected chi connectivity index (χ1v) is 3.90. The van der Waals surface area contributed by atoms with Gasteiger partial charge in [0.25, 0.3) is 0 Å². The molecule has 0 radical (unpaired) electrons. The van der Waals surface area contributed by atoms with Crippen molar-refractivity contribution in [3.8, 4) is 0 Å².